The number of rotatable bonds is 7. The van der Waals surface area contributed by atoms with Crippen LogP contribution in [0.25, 0.3) is 0 Å². The number of nitrogens with one attached hydrogen (secondary N) is 1. The van der Waals surface area contributed by atoms with Crippen LogP contribution in [-0.2, 0) is 9.53 Å². The van der Waals surface area contributed by atoms with Crippen LogP contribution in [0.5, 0.6) is 0 Å². The number of hydrogen-bond donors (Lipinski definition) is 1. The van der Waals surface area contributed by atoms with E-state index in [1.165, 1.54) is 37.1 Å². The van der Waals surface area contributed by atoms with E-state index < -0.39 is 11.2 Å². The highest BCUT2D eigenvalue weighted by Crippen LogP contribution is 2.27. The molecule has 0 radical (unpaired) electrons. The fourth-order valence-corrected chi connectivity index (χ4v) is 4.20. The van der Waals surface area contributed by atoms with Crippen molar-refractivity contribution in [2.75, 3.05) is 29.9 Å². The summed E-state index contributed by atoms with van der Waals surface area (Å²) in [6, 6.07) is 12.9. The Balaban J connectivity index is 1.64. The van der Waals surface area contributed by atoms with Crippen molar-refractivity contribution in [3.8, 4) is 6.07 Å². The van der Waals surface area contributed by atoms with Gasteiger partial charge in [0.2, 0.25) is 5.91 Å². The molecule has 31 heavy (non-hydrogen) atoms. The minimum absolute atomic E-state index is 0.115. The minimum Gasteiger partial charge on any atom is -0.461 e. The van der Waals surface area contributed by atoms with E-state index in [-0.39, 0.29) is 18.2 Å². The summed E-state index contributed by atoms with van der Waals surface area (Å²) in [5.41, 5.74) is 2.30. The number of aromatic nitrogens is 1. The summed E-state index contributed by atoms with van der Waals surface area (Å²) in [6.45, 7) is 5.82. The largest absolute Gasteiger partial charge is 0.461 e. The molecular formula is C23H26N4O3S. The zero-order valence-electron chi connectivity index (χ0n) is 17.8. The molecule has 1 saturated heterocycles. The number of ether oxygens (including phenoxy) is 1. The van der Waals surface area contributed by atoms with E-state index in [1.807, 2.05) is 24.3 Å². The molecule has 1 aromatic carbocycles. The van der Waals surface area contributed by atoms with Gasteiger partial charge in [-0.05, 0) is 69.5 Å². The van der Waals surface area contributed by atoms with Gasteiger partial charge in [-0.25, -0.2) is 9.78 Å². The number of hydrogen-bond acceptors (Lipinski definition) is 7. The van der Waals surface area contributed by atoms with Crippen LogP contribution in [0.1, 0.15) is 49.2 Å². The van der Waals surface area contributed by atoms with Gasteiger partial charge in [0.05, 0.1) is 17.4 Å². The third-order valence-electron chi connectivity index (χ3n) is 4.98. The summed E-state index contributed by atoms with van der Waals surface area (Å²) in [5.74, 6) is -0.761. The van der Waals surface area contributed by atoms with Crippen LogP contribution in [-0.4, -0.2) is 41.8 Å². The Bertz CT molecular complexity index is 966. The lowest BCUT2D eigenvalue weighted by Gasteiger charge is -2.28. The van der Waals surface area contributed by atoms with E-state index in [9.17, 15) is 14.9 Å². The molecule has 1 atom stereocenters. The van der Waals surface area contributed by atoms with Crippen LogP contribution in [0.2, 0.25) is 0 Å². The van der Waals surface area contributed by atoms with Gasteiger partial charge in [0.15, 0.2) is 0 Å². The molecule has 1 aliphatic heterocycles. The molecule has 162 valence electrons. The van der Waals surface area contributed by atoms with E-state index in [2.05, 4.69) is 21.3 Å². The van der Waals surface area contributed by atoms with E-state index >= 15 is 0 Å². The monoisotopic (exact) mass is 438 g/mol. The average Bonchev–Trinajstić information content (AvgIpc) is 2.80. The third kappa shape index (κ3) is 5.98. The molecule has 1 aromatic heterocycles. The second kappa shape index (κ2) is 10.8. The highest BCUT2D eigenvalue weighted by Gasteiger charge is 2.20. The Kier molecular flexibility index (Phi) is 7.90. The zero-order chi connectivity index (χ0) is 22.2. The van der Waals surface area contributed by atoms with Crippen molar-refractivity contribution in [1.29, 1.82) is 5.26 Å². The molecule has 1 aliphatic rings. The van der Waals surface area contributed by atoms with E-state index in [1.54, 1.807) is 13.8 Å². The smallest absolute Gasteiger partial charge is 0.356 e. The Labute approximate surface area is 186 Å². The Morgan fingerprint density at radius 1 is 1.19 bits per heavy atom. The lowest BCUT2D eigenvalue weighted by atomic mass is 10.1. The predicted molar refractivity (Wildman–Crippen MR) is 121 cm³/mol. The minimum atomic E-state index is -0.556. The second-order valence-corrected chi connectivity index (χ2v) is 8.55. The van der Waals surface area contributed by atoms with Crippen LogP contribution in [0.15, 0.2) is 41.4 Å². The molecule has 1 fully saturated rings. The van der Waals surface area contributed by atoms with E-state index in [0.29, 0.717) is 16.3 Å². The van der Waals surface area contributed by atoms with Gasteiger partial charge in [0.25, 0.3) is 0 Å². The number of pyridine rings is 1. The van der Waals surface area contributed by atoms with E-state index in [4.69, 9.17) is 4.74 Å². The summed E-state index contributed by atoms with van der Waals surface area (Å²) in [4.78, 5) is 31.2. The molecular weight excluding hydrogens is 412 g/mol. The van der Waals surface area contributed by atoms with Crippen LogP contribution in [0, 0.1) is 11.3 Å². The fourth-order valence-electron chi connectivity index (χ4n) is 3.31. The zero-order valence-corrected chi connectivity index (χ0v) is 18.6. The van der Waals surface area contributed by atoms with Crippen molar-refractivity contribution in [3.63, 3.8) is 0 Å². The number of carbonyl (C=O) groups excluding carboxylic acids is 2. The van der Waals surface area contributed by atoms with Gasteiger partial charge < -0.3 is 15.0 Å². The molecule has 8 heteroatoms. The van der Waals surface area contributed by atoms with Crippen molar-refractivity contribution < 1.29 is 14.3 Å². The first-order valence-electron chi connectivity index (χ1n) is 10.4. The number of amides is 1. The number of nitrogens with zero attached hydrogens (tertiary/aromatic N) is 3. The van der Waals surface area contributed by atoms with Crippen molar-refractivity contribution in [2.24, 2.45) is 0 Å². The average molecular weight is 439 g/mol. The molecule has 0 aliphatic carbocycles. The first-order valence-corrected chi connectivity index (χ1v) is 11.3. The summed E-state index contributed by atoms with van der Waals surface area (Å²) in [7, 11) is 0. The van der Waals surface area contributed by atoms with Gasteiger partial charge in [0.1, 0.15) is 16.8 Å². The molecule has 1 N–H and O–H groups in total. The maximum Gasteiger partial charge on any atom is 0.356 e. The quantitative estimate of drug-likeness (QED) is 0.510. The van der Waals surface area contributed by atoms with E-state index in [0.717, 1.165) is 24.9 Å². The van der Waals surface area contributed by atoms with Gasteiger partial charge in [-0.1, -0.05) is 11.8 Å². The number of esters is 1. The molecule has 3 rings (SSSR count). The number of benzene rings is 1. The van der Waals surface area contributed by atoms with Gasteiger partial charge >= 0.3 is 5.97 Å². The van der Waals surface area contributed by atoms with Crippen LogP contribution in [0.4, 0.5) is 11.4 Å². The lowest BCUT2D eigenvalue weighted by Crippen LogP contribution is -2.29. The maximum absolute atomic E-state index is 12.7. The first kappa shape index (κ1) is 22.6. The van der Waals surface area contributed by atoms with Crippen molar-refractivity contribution in [2.45, 2.75) is 43.4 Å². The highest BCUT2D eigenvalue weighted by molar-refractivity contribution is 8.00. The number of piperidine rings is 1. The summed E-state index contributed by atoms with van der Waals surface area (Å²) in [6.07, 6.45) is 3.71. The molecule has 1 unspecified atom stereocenters. The Morgan fingerprint density at radius 3 is 2.55 bits per heavy atom. The SMILES string of the molecule is CCOC(=O)c1ccc(C#N)c(SC(C)C(=O)Nc2ccc(N3CCCCC3)cc2)n1. The predicted octanol–water partition coefficient (Wildman–Crippen LogP) is 4.24. The van der Waals surface area contributed by atoms with Crippen LogP contribution >= 0.6 is 11.8 Å². The van der Waals surface area contributed by atoms with Gasteiger partial charge in [-0.3, -0.25) is 4.79 Å². The molecule has 0 spiro atoms. The molecule has 2 aromatic rings. The van der Waals surface area contributed by atoms with Gasteiger partial charge in [-0.2, -0.15) is 5.26 Å². The maximum atomic E-state index is 12.7. The van der Waals surface area contributed by atoms with Gasteiger partial charge in [0, 0.05) is 24.5 Å². The highest BCUT2D eigenvalue weighted by atomic mass is 32.2. The Morgan fingerprint density at radius 2 is 1.90 bits per heavy atom. The standard InChI is InChI=1S/C23H26N4O3S/c1-3-30-23(29)20-12-7-17(15-24)22(26-20)31-16(2)21(28)25-18-8-10-19(11-9-18)27-13-5-4-6-14-27/h7-12,16H,3-6,13-14H2,1-2H3,(H,25,28). The number of anilines is 2. The summed E-state index contributed by atoms with van der Waals surface area (Å²) < 4.78 is 4.96. The van der Waals surface area contributed by atoms with Crippen molar-refractivity contribution in [1.82, 2.24) is 4.98 Å². The molecule has 0 bridgehead atoms. The summed E-state index contributed by atoms with van der Waals surface area (Å²) in [5, 5.41) is 12.1. The summed E-state index contributed by atoms with van der Waals surface area (Å²) >= 11 is 1.14. The number of carbonyl (C=O) groups is 2. The second-order valence-electron chi connectivity index (χ2n) is 7.23. The molecule has 1 amide bonds. The molecule has 2 heterocycles. The number of nitriles is 1. The number of thioether (sulfide) groups is 1. The van der Waals surface area contributed by atoms with Crippen LogP contribution < -0.4 is 10.2 Å². The van der Waals surface area contributed by atoms with Gasteiger partial charge in [-0.15, -0.1) is 0 Å². The Hall–Kier alpha value is -3.05. The molecule has 7 nitrogen and oxygen atoms in total. The third-order valence-corrected chi connectivity index (χ3v) is 6.08. The van der Waals surface area contributed by atoms with Crippen molar-refractivity contribution >= 4 is 35.0 Å². The molecule has 0 saturated carbocycles. The van der Waals surface area contributed by atoms with Crippen LogP contribution in [0.3, 0.4) is 0 Å². The van der Waals surface area contributed by atoms with Crippen molar-refractivity contribution in [3.05, 3.63) is 47.7 Å². The topological polar surface area (TPSA) is 95.3 Å². The lowest BCUT2D eigenvalue weighted by molar-refractivity contribution is -0.115. The normalized spacial score (nSPS) is 14.4. The first-order chi connectivity index (χ1) is 15.0. The fraction of sp³-hybridized carbons (Fsp3) is 0.391.